The van der Waals surface area contributed by atoms with Gasteiger partial charge in [-0.15, -0.1) is 11.3 Å². The lowest BCUT2D eigenvalue weighted by atomic mass is 9.72. The summed E-state index contributed by atoms with van der Waals surface area (Å²) in [7, 11) is 3.29. The van der Waals surface area contributed by atoms with Crippen LogP contribution in [0.4, 0.5) is 0 Å². The van der Waals surface area contributed by atoms with Gasteiger partial charge in [0.2, 0.25) is 5.91 Å². The van der Waals surface area contributed by atoms with E-state index in [1.165, 1.54) is 26.4 Å². The molecule has 1 aliphatic heterocycles. The second kappa shape index (κ2) is 7.93. The van der Waals surface area contributed by atoms with E-state index in [4.69, 9.17) is 0 Å². The monoisotopic (exact) mass is 445 g/mol. The summed E-state index contributed by atoms with van der Waals surface area (Å²) in [6.07, 6.45) is 3.25. The van der Waals surface area contributed by atoms with Gasteiger partial charge in [-0.05, 0) is 42.2 Å². The molecule has 3 heterocycles. The second-order valence-corrected chi connectivity index (χ2v) is 11.0. The first-order valence-corrected chi connectivity index (χ1v) is 11.6. The van der Waals surface area contributed by atoms with Crippen LogP contribution in [0.2, 0.25) is 0 Å². The van der Waals surface area contributed by atoms with Crippen LogP contribution in [0.15, 0.2) is 10.9 Å². The van der Waals surface area contributed by atoms with Crippen molar-refractivity contribution in [1.82, 2.24) is 24.1 Å². The number of carbonyl (C=O) groups is 2. The quantitative estimate of drug-likeness (QED) is 0.724. The van der Waals surface area contributed by atoms with Crippen molar-refractivity contribution < 1.29 is 9.59 Å². The summed E-state index contributed by atoms with van der Waals surface area (Å²) in [6.45, 7) is 7.93. The van der Waals surface area contributed by atoms with Gasteiger partial charge < -0.3 is 9.80 Å². The molecule has 0 saturated carbocycles. The van der Waals surface area contributed by atoms with E-state index in [1.54, 1.807) is 34.9 Å². The maximum absolute atomic E-state index is 13.2. The molecule has 168 valence electrons. The minimum Gasteiger partial charge on any atom is -0.347 e. The largest absolute Gasteiger partial charge is 0.347 e. The smallest absolute Gasteiger partial charge is 0.346 e. The van der Waals surface area contributed by atoms with Crippen LogP contribution in [0.25, 0.3) is 0 Å². The molecular formula is C22H31N5O3S. The van der Waals surface area contributed by atoms with Gasteiger partial charge in [0, 0.05) is 32.1 Å². The zero-order chi connectivity index (χ0) is 22.5. The summed E-state index contributed by atoms with van der Waals surface area (Å²) in [5, 5.41) is 4.33. The SMILES string of the molecule is CN(C)C(=O)Cn1nc2n(c1=O)CCN(C(=O)c1cc3c(s1)CCC(C(C)(C)C)C3)C2. The normalized spacial score (nSPS) is 18.5. The third-order valence-electron chi connectivity index (χ3n) is 6.51. The van der Waals surface area contributed by atoms with Gasteiger partial charge in [-0.1, -0.05) is 20.8 Å². The number of carbonyl (C=O) groups excluding carboxylic acids is 2. The van der Waals surface area contributed by atoms with Crippen molar-refractivity contribution >= 4 is 23.2 Å². The maximum Gasteiger partial charge on any atom is 0.346 e. The number of aryl methyl sites for hydroxylation is 1. The molecule has 4 rings (SSSR count). The van der Waals surface area contributed by atoms with E-state index in [9.17, 15) is 14.4 Å². The lowest BCUT2D eigenvalue weighted by molar-refractivity contribution is -0.129. The van der Waals surface area contributed by atoms with E-state index in [1.807, 2.05) is 0 Å². The molecule has 9 heteroatoms. The van der Waals surface area contributed by atoms with Crippen LogP contribution in [0.1, 0.15) is 53.1 Å². The maximum atomic E-state index is 13.2. The first-order valence-electron chi connectivity index (χ1n) is 10.8. The third-order valence-corrected chi connectivity index (χ3v) is 7.74. The highest BCUT2D eigenvalue weighted by Crippen LogP contribution is 2.40. The van der Waals surface area contributed by atoms with Gasteiger partial charge >= 0.3 is 5.69 Å². The van der Waals surface area contributed by atoms with Gasteiger partial charge in [-0.2, -0.15) is 5.10 Å². The average molecular weight is 446 g/mol. The van der Waals surface area contributed by atoms with Crippen LogP contribution < -0.4 is 5.69 Å². The lowest BCUT2D eigenvalue weighted by Gasteiger charge is -2.33. The van der Waals surface area contributed by atoms with Gasteiger partial charge in [0.1, 0.15) is 6.54 Å². The Bertz CT molecular complexity index is 1070. The first-order chi connectivity index (χ1) is 14.5. The van der Waals surface area contributed by atoms with Gasteiger partial charge in [0.25, 0.3) is 5.91 Å². The molecule has 1 aliphatic carbocycles. The van der Waals surface area contributed by atoms with Crippen molar-refractivity contribution in [2.24, 2.45) is 11.3 Å². The van der Waals surface area contributed by atoms with E-state index < -0.39 is 0 Å². The van der Waals surface area contributed by atoms with Crippen molar-refractivity contribution in [3.63, 3.8) is 0 Å². The predicted octanol–water partition coefficient (Wildman–Crippen LogP) is 2.00. The summed E-state index contributed by atoms with van der Waals surface area (Å²) in [5.41, 5.74) is 1.30. The highest BCUT2D eigenvalue weighted by Gasteiger charge is 2.32. The van der Waals surface area contributed by atoms with Crippen LogP contribution in [0, 0.1) is 11.3 Å². The molecule has 0 N–H and O–H groups in total. The van der Waals surface area contributed by atoms with Crippen LogP contribution >= 0.6 is 11.3 Å². The summed E-state index contributed by atoms with van der Waals surface area (Å²) >= 11 is 1.62. The predicted molar refractivity (Wildman–Crippen MR) is 119 cm³/mol. The summed E-state index contributed by atoms with van der Waals surface area (Å²) in [4.78, 5) is 43.1. The van der Waals surface area contributed by atoms with E-state index in [0.29, 0.717) is 24.8 Å². The third kappa shape index (κ3) is 4.20. The van der Waals surface area contributed by atoms with Crippen molar-refractivity contribution in [2.75, 3.05) is 20.6 Å². The highest BCUT2D eigenvalue weighted by molar-refractivity contribution is 7.14. The van der Waals surface area contributed by atoms with Gasteiger partial charge in [-0.25, -0.2) is 9.48 Å². The van der Waals surface area contributed by atoms with Gasteiger partial charge in [0.05, 0.1) is 11.4 Å². The Morgan fingerprint density at radius 2 is 2.00 bits per heavy atom. The van der Waals surface area contributed by atoms with Crippen molar-refractivity contribution in [3.8, 4) is 0 Å². The number of thiophene rings is 1. The van der Waals surface area contributed by atoms with E-state index in [2.05, 4.69) is 31.9 Å². The number of amides is 2. The fraction of sp³-hybridized carbons (Fsp3) is 0.636. The number of hydrogen-bond acceptors (Lipinski definition) is 5. The van der Waals surface area contributed by atoms with Crippen LogP contribution in [0.3, 0.4) is 0 Å². The Morgan fingerprint density at radius 1 is 1.26 bits per heavy atom. The Kier molecular flexibility index (Phi) is 5.57. The topological polar surface area (TPSA) is 80.4 Å². The molecular weight excluding hydrogens is 414 g/mol. The fourth-order valence-electron chi connectivity index (χ4n) is 4.37. The minimum absolute atomic E-state index is 0.00401. The first kappa shape index (κ1) is 21.8. The molecule has 8 nitrogen and oxygen atoms in total. The van der Waals surface area contributed by atoms with Crippen LogP contribution in [-0.2, 0) is 37.3 Å². The van der Waals surface area contributed by atoms with Crippen molar-refractivity contribution in [3.05, 3.63) is 37.7 Å². The van der Waals surface area contributed by atoms with E-state index in [0.717, 1.165) is 17.7 Å². The number of likely N-dealkylation sites (N-methyl/N-ethyl adjacent to an activating group) is 1. The van der Waals surface area contributed by atoms with E-state index in [-0.39, 0.29) is 36.0 Å². The van der Waals surface area contributed by atoms with E-state index >= 15 is 0 Å². The zero-order valence-corrected chi connectivity index (χ0v) is 19.8. The molecule has 2 aromatic heterocycles. The Labute approximate surface area is 186 Å². The number of hydrogen-bond donors (Lipinski definition) is 0. The zero-order valence-electron chi connectivity index (χ0n) is 19.0. The number of rotatable bonds is 3. The molecule has 0 saturated heterocycles. The van der Waals surface area contributed by atoms with Crippen LogP contribution in [-0.4, -0.2) is 56.6 Å². The summed E-state index contributed by atoms with van der Waals surface area (Å²) < 4.78 is 2.77. The van der Waals surface area contributed by atoms with Crippen molar-refractivity contribution in [1.29, 1.82) is 0 Å². The molecule has 0 bridgehead atoms. The Morgan fingerprint density at radius 3 is 2.68 bits per heavy atom. The fourth-order valence-corrected chi connectivity index (χ4v) is 5.54. The number of fused-ring (bicyclic) bond motifs is 2. The lowest BCUT2D eigenvalue weighted by Crippen LogP contribution is -2.41. The molecule has 0 fully saturated rings. The molecule has 31 heavy (non-hydrogen) atoms. The Hall–Kier alpha value is -2.42. The molecule has 1 atom stereocenters. The molecule has 0 aromatic carbocycles. The number of aromatic nitrogens is 3. The Balaban J connectivity index is 1.50. The molecule has 0 spiro atoms. The molecule has 2 aliphatic rings. The molecule has 2 aromatic rings. The van der Waals surface area contributed by atoms with Crippen LogP contribution in [0.5, 0.6) is 0 Å². The average Bonchev–Trinajstić information content (AvgIpc) is 3.27. The minimum atomic E-state index is -0.294. The molecule has 0 radical (unpaired) electrons. The molecule has 1 unspecified atom stereocenters. The summed E-state index contributed by atoms with van der Waals surface area (Å²) in [5.74, 6) is 0.980. The second-order valence-electron chi connectivity index (χ2n) is 9.89. The summed E-state index contributed by atoms with van der Waals surface area (Å²) in [6, 6.07) is 2.08. The van der Waals surface area contributed by atoms with Gasteiger partial charge in [0.15, 0.2) is 5.82 Å². The van der Waals surface area contributed by atoms with Gasteiger partial charge in [-0.3, -0.25) is 14.2 Å². The molecule has 2 amide bonds. The number of nitrogens with zero attached hydrogens (tertiary/aromatic N) is 5. The van der Waals surface area contributed by atoms with Crippen molar-refractivity contribution in [2.45, 2.75) is 59.7 Å². The standard InChI is InChI=1S/C22H31N5O3S/c1-22(2,3)15-6-7-16-14(10-15)11-17(31-16)20(29)25-8-9-26-18(12-25)23-27(21(26)30)13-19(28)24(4)5/h11,15H,6-10,12-13H2,1-5H3. The highest BCUT2D eigenvalue weighted by atomic mass is 32.1.